The van der Waals surface area contributed by atoms with Gasteiger partial charge in [0.25, 0.3) is 0 Å². The van der Waals surface area contributed by atoms with E-state index < -0.39 is 5.60 Å². The summed E-state index contributed by atoms with van der Waals surface area (Å²) in [6, 6.07) is 3.75. The molecule has 4 heteroatoms. The van der Waals surface area contributed by atoms with Crippen LogP contribution in [-0.2, 0) is 6.42 Å². The van der Waals surface area contributed by atoms with Gasteiger partial charge in [-0.05, 0) is 18.9 Å². The molecule has 94 valence electrons. The lowest BCUT2D eigenvalue weighted by Gasteiger charge is -2.17. The zero-order chi connectivity index (χ0) is 12.5. The van der Waals surface area contributed by atoms with Gasteiger partial charge in [0.05, 0.1) is 26.9 Å². The summed E-state index contributed by atoms with van der Waals surface area (Å²) in [6.07, 6.45) is 2.30. The predicted molar refractivity (Wildman–Crippen MR) is 64.0 cm³/mol. The lowest BCUT2D eigenvalue weighted by atomic mass is 10.0. The molecule has 0 heterocycles. The third-order valence-corrected chi connectivity index (χ3v) is 3.13. The van der Waals surface area contributed by atoms with E-state index in [0.717, 1.165) is 18.4 Å². The van der Waals surface area contributed by atoms with Gasteiger partial charge in [-0.25, -0.2) is 0 Å². The monoisotopic (exact) mass is 238 g/mol. The highest BCUT2D eigenvalue weighted by atomic mass is 16.5. The molecule has 1 N–H and O–H groups in total. The summed E-state index contributed by atoms with van der Waals surface area (Å²) in [4.78, 5) is 0. The molecule has 0 atom stereocenters. The predicted octanol–water partition coefficient (Wildman–Crippen LogP) is 1.78. The SMILES string of the molecule is COc1ccc(CC2(O)CC2)c(OC)c1OC. The molecule has 1 aliphatic carbocycles. The molecular formula is C13H18O4. The Hall–Kier alpha value is -1.42. The van der Waals surface area contributed by atoms with Gasteiger partial charge in [-0.1, -0.05) is 6.07 Å². The lowest BCUT2D eigenvalue weighted by Crippen LogP contribution is -2.12. The molecular weight excluding hydrogens is 220 g/mol. The van der Waals surface area contributed by atoms with Crippen LogP contribution in [0.25, 0.3) is 0 Å². The van der Waals surface area contributed by atoms with Crippen molar-refractivity contribution in [3.63, 3.8) is 0 Å². The average Bonchev–Trinajstić information content (AvgIpc) is 3.06. The molecule has 1 aromatic rings. The van der Waals surface area contributed by atoms with Crippen molar-refractivity contribution in [1.82, 2.24) is 0 Å². The first-order valence-corrected chi connectivity index (χ1v) is 5.64. The van der Waals surface area contributed by atoms with Gasteiger partial charge >= 0.3 is 0 Å². The van der Waals surface area contributed by atoms with E-state index >= 15 is 0 Å². The van der Waals surface area contributed by atoms with Gasteiger partial charge in [-0.3, -0.25) is 0 Å². The summed E-state index contributed by atoms with van der Waals surface area (Å²) in [7, 11) is 4.76. The van der Waals surface area contributed by atoms with E-state index in [2.05, 4.69) is 0 Å². The fraction of sp³-hybridized carbons (Fsp3) is 0.538. The molecule has 0 bridgehead atoms. The van der Waals surface area contributed by atoms with Gasteiger partial charge in [0.15, 0.2) is 11.5 Å². The van der Waals surface area contributed by atoms with Crippen molar-refractivity contribution in [2.75, 3.05) is 21.3 Å². The number of aliphatic hydroxyl groups is 1. The smallest absolute Gasteiger partial charge is 0.203 e. The number of benzene rings is 1. The molecule has 0 radical (unpaired) electrons. The van der Waals surface area contributed by atoms with E-state index in [9.17, 15) is 5.11 Å². The van der Waals surface area contributed by atoms with Crippen LogP contribution in [0, 0.1) is 0 Å². The maximum atomic E-state index is 9.96. The van der Waals surface area contributed by atoms with Crippen molar-refractivity contribution in [2.24, 2.45) is 0 Å². The fourth-order valence-electron chi connectivity index (χ4n) is 1.98. The van der Waals surface area contributed by atoms with Crippen LogP contribution in [0.1, 0.15) is 18.4 Å². The minimum atomic E-state index is -0.549. The van der Waals surface area contributed by atoms with E-state index in [1.165, 1.54) is 0 Å². The van der Waals surface area contributed by atoms with Crippen LogP contribution in [0.4, 0.5) is 0 Å². The summed E-state index contributed by atoms with van der Waals surface area (Å²) >= 11 is 0. The topological polar surface area (TPSA) is 47.9 Å². The fourth-order valence-corrected chi connectivity index (χ4v) is 1.98. The number of methoxy groups -OCH3 is 3. The van der Waals surface area contributed by atoms with Crippen LogP contribution in [-0.4, -0.2) is 32.0 Å². The highest BCUT2D eigenvalue weighted by molar-refractivity contribution is 5.56. The summed E-state index contributed by atoms with van der Waals surface area (Å²) < 4.78 is 15.9. The zero-order valence-corrected chi connectivity index (χ0v) is 10.4. The van der Waals surface area contributed by atoms with E-state index in [0.29, 0.717) is 23.7 Å². The summed E-state index contributed by atoms with van der Waals surface area (Å²) in [6.45, 7) is 0. The Bertz CT molecular complexity index is 410. The van der Waals surface area contributed by atoms with Gasteiger partial charge in [0.1, 0.15) is 0 Å². The molecule has 0 amide bonds. The van der Waals surface area contributed by atoms with Gasteiger partial charge in [0, 0.05) is 12.0 Å². The number of rotatable bonds is 5. The summed E-state index contributed by atoms with van der Waals surface area (Å²) in [5.41, 5.74) is 0.400. The van der Waals surface area contributed by atoms with Crippen molar-refractivity contribution in [3.05, 3.63) is 17.7 Å². The Balaban J connectivity index is 2.38. The maximum absolute atomic E-state index is 9.96. The van der Waals surface area contributed by atoms with E-state index in [1.807, 2.05) is 12.1 Å². The van der Waals surface area contributed by atoms with Crippen molar-refractivity contribution >= 4 is 0 Å². The van der Waals surface area contributed by atoms with E-state index in [4.69, 9.17) is 14.2 Å². The average molecular weight is 238 g/mol. The van der Waals surface area contributed by atoms with Crippen LogP contribution in [0.3, 0.4) is 0 Å². The number of ether oxygens (including phenoxy) is 3. The Labute approximate surface area is 101 Å². The van der Waals surface area contributed by atoms with Crippen molar-refractivity contribution in [1.29, 1.82) is 0 Å². The quantitative estimate of drug-likeness (QED) is 0.849. The van der Waals surface area contributed by atoms with Crippen LogP contribution >= 0.6 is 0 Å². The molecule has 1 fully saturated rings. The molecule has 0 saturated heterocycles. The minimum absolute atomic E-state index is 0.549. The van der Waals surface area contributed by atoms with Crippen LogP contribution in [0.15, 0.2) is 12.1 Å². The molecule has 1 aliphatic rings. The van der Waals surface area contributed by atoms with Gasteiger partial charge in [-0.2, -0.15) is 0 Å². The van der Waals surface area contributed by atoms with Crippen molar-refractivity contribution in [2.45, 2.75) is 24.9 Å². The van der Waals surface area contributed by atoms with Gasteiger partial charge in [-0.15, -0.1) is 0 Å². The molecule has 1 aromatic carbocycles. The summed E-state index contributed by atoms with van der Waals surface area (Å²) in [5, 5.41) is 9.96. The van der Waals surface area contributed by atoms with Crippen LogP contribution < -0.4 is 14.2 Å². The second-order valence-electron chi connectivity index (χ2n) is 4.39. The van der Waals surface area contributed by atoms with Crippen LogP contribution in [0.5, 0.6) is 17.2 Å². The molecule has 2 rings (SSSR count). The van der Waals surface area contributed by atoms with Crippen molar-refractivity contribution in [3.8, 4) is 17.2 Å². The number of hydrogen-bond donors (Lipinski definition) is 1. The first-order valence-electron chi connectivity index (χ1n) is 5.64. The largest absolute Gasteiger partial charge is 0.493 e. The first-order chi connectivity index (χ1) is 8.13. The highest BCUT2D eigenvalue weighted by Crippen LogP contribution is 2.45. The molecule has 17 heavy (non-hydrogen) atoms. The normalized spacial score (nSPS) is 16.5. The van der Waals surface area contributed by atoms with E-state index in [1.54, 1.807) is 21.3 Å². The van der Waals surface area contributed by atoms with Crippen molar-refractivity contribution < 1.29 is 19.3 Å². The Morgan fingerprint density at radius 1 is 1.06 bits per heavy atom. The zero-order valence-electron chi connectivity index (χ0n) is 10.4. The molecule has 0 aliphatic heterocycles. The minimum Gasteiger partial charge on any atom is -0.493 e. The Morgan fingerprint density at radius 2 is 1.71 bits per heavy atom. The van der Waals surface area contributed by atoms with Crippen LogP contribution in [0.2, 0.25) is 0 Å². The third-order valence-electron chi connectivity index (χ3n) is 3.13. The summed E-state index contributed by atoms with van der Waals surface area (Å²) in [5.74, 6) is 1.86. The maximum Gasteiger partial charge on any atom is 0.203 e. The van der Waals surface area contributed by atoms with Gasteiger partial charge < -0.3 is 19.3 Å². The molecule has 0 unspecified atom stereocenters. The number of hydrogen-bond acceptors (Lipinski definition) is 4. The standard InChI is InChI=1S/C13H18O4/c1-15-10-5-4-9(8-13(14)6-7-13)11(16-2)12(10)17-3/h4-5,14H,6-8H2,1-3H3. The lowest BCUT2D eigenvalue weighted by molar-refractivity contribution is 0.149. The molecule has 1 saturated carbocycles. The Kier molecular flexibility index (Phi) is 3.15. The molecule has 0 aromatic heterocycles. The second kappa shape index (κ2) is 4.45. The molecule has 4 nitrogen and oxygen atoms in total. The van der Waals surface area contributed by atoms with E-state index in [-0.39, 0.29) is 0 Å². The highest BCUT2D eigenvalue weighted by Gasteiger charge is 2.41. The third kappa shape index (κ3) is 2.31. The first kappa shape index (κ1) is 12.0. The second-order valence-corrected chi connectivity index (χ2v) is 4.39. The van der Waals surface area contributed by atoms with Gasteiger partial charge in [0.2, 0.25) is 5.75 Å². The Morgan fingerprint density at radius 3 is 2.18 bits per heavy atom. The molecule has 0 spiro atoms.